The summed E-state index contributed by atoms with van der Waals surface area (Å²) >= 11 is 0. The van der Waals surface area contributed by atoms with Crippen LogP contribution in [0.1, 0.15) is 58.3 Å². The van der Waals surface area contributed by atoms with E-state index in [4.69, 9.17) is 0 Å². The van der Waals surface area contributed by atoms with Crippen LogP contribution in [0.2, 0.25) is 0 Å². The fourth-order valence-electron chi connectivity index (χ4n) is 4.60. The number of likely N-dealkylation sites (tertiary alicyclic amines) is 1. The maximum absolute atomic E-state index is 3.75. The number of nitrogens with zero attached hydrogens (tertiary/aromatic N) is 1. The highest BCUT2D eigenvalue weighted by Crippen LogP contribution is 2.40. The van der Waals surface area contributed by atoms with Crippen LogP contribution in [0.4, 0.5) is 0 Å². The highest BCUT2D eigenvalue weighted by molar-refractivity contribution is 4.93. The van der Waals surface area contributed by atoms with Gasteiger partial charge in [0.15, 0.2) is 0 Å². The van der Waals surface area contributed by atoms with Crippen LogP contribution in [0.3, 0.4) is 0 Å². The van der Waals surface area contributed by atoms with Crippen molar-refractivity contribution in [2.75, 3.05) is 19.6 Å². The minimum absolute atomic E-state index is 0.809. The zero-order valence-electron chi connectivity index (χ0n) is 12.0. The Hall–Kier alpha value is -0.0800. The van der Waals surface area contributed by atoms with Crippen molar-refractivity contribution >= 4 is 0 Å². The van der Waals surface area contributed by atoms with Gasteiger partial charge in [-0.25, -0.2) is 0 Å². The first kappa shape index (κ1) is 12.9. The molecular formula is C16H30N2. The van der Waals surface area contributed by atoms with Crippen LogP contribution in [0.25, 0.3) is 0 Å². The molecule has 0 aromatic heterocycles. The Bertz CT molecular complexity index is 254. The lowest BCUT2D eigenvalue weighted by molar-refractivity contribution is 0.158. The molecule has 1 aliphatic heterocycles. The fraction of sp³-hybridized carbons (Fsp3) is 1.00. The van der Waals surface area contributed by atoms with Crippen molar-refractivity contribution in [2.45, 2.75) is 70.4 Å². The summed E-state index contributed by atoms with van der Waals surface area (Å²) < 4.78 is 0. The van der Waals surface area contributed by atoms with Gasteiger partial charge < -0.3 is 5.32 Å². The molecule has 2 nitrogen and oxygen atoms in total. The van der Waals surface area contributed by atoms with Gasteiger partial charge in [-0.3, -0.25) is 4.90 Å². The van der Waals surface area contributed by atoms with Gasteiger partial charge in [-0.15, -0.1) is 0 Å². The third kappa shape index (κ3) is 2.75. The minimum atomic E-state index is 0.809. The lowest BCUT2D eigenvalue weighted by Gasteiger charge is -2.36. The van der Waals surface area contributed by atoms with E-state index in [0.717, 1.165) is 23.9 Å². The molecule has 4 atom stereocenters. The molecule has 0 aromatic rings. The highest BCUT2D eigenvalue weighted by atomic mass is 15.2. The molecular weight excluding hydrogens is 220 g/mol. The summed E-state index contributed by atoms with van der Waals surface area (Å²) in [4.78, 5) is 2.86. The summed E-state index contributed by atoms with van der Waals surface area (Å²) in [6.07, 6.45) is 11.6. The molecule has 104 valence electrons. The number of nitrogens with one attached hydrogen (secondary N) is 1. The van der Waals surface area contributed by atoms with Crippen molar-refractivity contribution in [1.29, 1.82) is 0 Å². The molecule has 0 amide bonds. The van der Waals surface area contributed by atoms with E-state index in [1.807, 2.05) is 0 Å². The quantitative estimate of drug-likeness (QED) is 0.825. The van der Waals surface area contributed by atoms with Crippen LogP contribution >= 0.6 is 0 Å². The summed E-state index contributed by atoms with van der Waals surface area (Å²) in [7, 11) is 0. The summed E-state index contributed by atoms with van der Waals surface area (Å²) in [5, 5.41) is 3.75. The summed E-state index contributed by atoms with van der Waals surface area (Å²) in [6.45, 7) is 6.34. The fourth-order valence-corrected chi connectivity index (χ4v) is 4.60. The minimum Gasteiger partial charge on any atom is -0.314 e. The van der Waals surface area contributed by atoms with Gasteiger partial charge >= 0.3 is 0 Å². The molecule has 3 fully saturated rings. The summed E-state index contributed by atoms with van der Waals surface area (Å²) in [5.74, 6) is 2.13. The van der Waals surface area contributed by atoms with E-state index in [0.29, 0.717) is 0 Å². The first-order chi connectivity index (χ1) is 8.86. The predicted molar refractivity (Wildman–Crippen MR) is 76.7 cm³/mol. The molecule has 2 heteroatoms. The first-order valence-electron chi connectivity index (χ1n) is 8.34. The highest BCUT2D eigenvalue weighted by Gasteiger charge is 2.39. The average Bonchev–Trinajstić information content (AvgIpc) is 2.97. The number of fused-ring (bicyclic) bond motifs is 1. The Morgan fingerprint density at radius 2 is 1.72 bits per heavy atom. The van der Waals surface area contributed by atoms with Gasteiger partial charge in [0.2, 0.25) is 0 Å². The van der Waals surface area contributed by atoms with Gasteiger partial charge in [-0.05, 0) is 56.9 Å². The van der Waals surface area contributed by atoms with Gasteiger partial charge in [0, 0.05) is 25.2 Å². The molecule has 2 saturated carbocycles. The number of hydrogen-bond acceptors (Lipinski definition) is 2. The lowest BCUT2D eigenvalue weighted by Crippen LogP contribution is -2.44. The molecule has 0 bridgehead atoms. The van der Waals surface area contributed by atoms with Crippen molar-refractivity contribution in [3.05, 3.63) is 0 Å². The largest absolute Gasteiger partial charge is 0.314 e. The van der Waals surface area contributed by atoms with Crippen molar-refractivity contribution in [1.82, 2.24) is 10.2 Å². The van der Waals surface area contributed by atoms with Crippen molar-refractivity contribution in [3.8, 4) is 0 Å². The van der Waals surface area contributed by atoms with Crippen LogP contribution < -0.4 is 5.32 Å². The van der Waals surface area contributed by atoms with Crippen LogP contribution in [-0.4, -0.2) is 36.6 Å². The molecule has 3 rings (SSSR count). The van der Waals surface area contributed by atoms with Gasteiger partial charge in [-0.2, -0.15) is 0 Å². The molecule has 0 spiro atoms. The van der Waals surface area contributed by atoms with Crippen molar-refractivity contribution in [3.63, 3.8) is 0 Å². The van der Waals surface area contributed by atoms with Crippen LogP contribution in [0, 0.1) is 11.8 Å². The molecule has 18 heavy (non-hydrogen) atoms. The molecule has 1 N–H and O–H groups in total. The van der Waals surface area contributed by atoms with E-state index in [2.05, 4.69) is 17.1 Å². The maximum atomic E-state index is 3.75. The third-order valence-electron chi connectivity index (χ3n) is 5.60. The second-order valence-electron chi connectivity index (χ2n) is 6.88. The number of rotatable bonds is 4. The van der Waals surface area contributed by atoms with Crippen molar-refractivity contribution < 1.29 is 0 Å². The Balaban J connectivity index is 1.50. The van der Waals surface area contributed by atoms with Crippen molar-refractivity contribution in [2.24, 2.45) is 11.8 Å². The van der Waals surface area contributed by atoms with E-state index in [-0.39, 0.29) is 0 Å². The molecule has 0 radical (unpaired) electrons. The first-order valence-corrected chi connectivity index (χ1v) is 8.34. The smallest absolute Gasteiger partial charge is 0.0110 e. The van der Waals surface area contributed by atoms with E-state index >= 15 is 0 Å². The molecule has 3 aliphatic rings. The summed E-state index contributed by atoms with van der Waals surface area (Å²) in [5.41, 5.74) is 0. The zero-order valence-corrected chi connectivity index (χ0v) is 12.0. The van der Waals surface area contributed by atoms with Crippen LogP contribution in [0.15, 0.2) is 0 Å². The summed E-state index contributed by atoms with van der Waals surface area (Å²) in [6, 6.07) is 1.71. The second kappa shape index (κ2) is 5.92. The third-order valence-corrected chi connectivity index (χ3v) is 5.60. The van der Waals surface area contributed by atoms with Crippen LogP contribution in [0.5, 0.6) is 0 Å². The van der Waals surface area contributed by atoms with Gasteiger partial charge in [0.05, 0.1) is 0 Å². The second-order valence-corrected chi connectivity index (χ2v) is 6.88. The van der Waals surface area contributed by atoms with E-state index < -0.39 is 0 Å². The zero-order chi connectivity index (χ0) is 12.4. The molecule has 1 heterocycles. The topological polar surface area (TPSA) is 15.3 Å². The average molecular weight is 250 g/mol. The van der Waals surface area contributed by atoms with Gasteiger partial charge in [0.25, 0.3) is 0 Å². The predicted octanol–water partition coefficient (Wildman–Crippen LogP) is 3.03. The van der Waals surface area contributed by atoms with Gasteiger partial charge in [0.1, 0.15) is 0 Å². The molecule has 4 unspecified atom stereocenters. The van der Waals surface area contributed by atoms with Gasteiger partial charge in [-0.1, -0.05) is 19.8 Å². The molecule has 1 saturated heterocycles. The standard InChI is InChI=1S/C16H30N2/c1-2-9-17-15-7-4-8-16(10-15)18-11-13-5-3-6-14(13)12-18/h13-17H,2-12H2,1H3. The molecule has 2 aliphatic carbocycles. The Labute approximate surface area is 113 Å². The monoisotopic (exact) mass is 250 g/mol. The Morgan fingerprint density at radius 3 is 2.44 bits per heavy atom. The Kier molecular flexibility index (Phi) is 4.25. The SMILES string of the molecule is CCCNC1CCCC(N2CC3CCCC3C2)C1. The van der Waals surface area contributed by atoms with E-state index in [9.17, 15) is 0 Å². The van der Waals surface area contributed by atoms with E-state index in [1.54, 1.807) is 0 Å². The van der Waals surface area contributed by atoms with E-state index in [1.165, 1.54) is 71.0 Å². The van der Waals surface area contributed by atoms with Crippen LogP contribution in [-0.2, 0) is 0 Å². The molecule has 0 aromatic carbocycles. The maximum Gasteiger partial charge on any atom is 0.0110 e. The lowest BCUT2D eigenvalue weighted by atomic mass is 9.90. The number of hydrogen-bond donors (Lipinski definition) is 1. The Morgan fingerprint density at radius 1 is 1.00 bits per heavy atom. The normalized spacial score (nSPS) is 41.2.